The molecule has 0 radical (unpaired) electrons. The van der Waals surface area contributed by atoms with Crippen molar-refractivity contribution in [1.82, 2.24) is 0 Å². The van der Waals surface area contributed by atoms with E-state index in [0.717, 1.165) is 94.7 Å². The minimum atomic E-state index is -0.287. The molecule has 418 valence electrons. The molecule has 83 heavy (non-hydrogen) atoms. The van der Waals surface area contributed by atoms with E-state index in [1.54, 1.807) is 0 Å². The second-order valence-electron chi connectivity index (χ2n) is 30.9. The lowest BCUT2D eigenvalue weighted by molar-refractivity contribution is 0.332. The molecule has 0 amide bonds. The SMILES string of the molecule is CC(C)(C)c1ccc(N2c3cc(-c4ccccc4)cc4c3B(c3c2oc2cc5c(cc32)C(C)(C)CCC5(C)C)N(c2ccc3c(c2)C(C)(C)CCC3(C)C)c2ccc3c(oc5cc6c(cc53)C(C)(C)CCC6(C)C)c2-4)c(-c2ccccc2)c1. The largest absolute Gasteiger partial charge is 0.455 e. The molecule has 0 bridgehead atoms. The molecule has 0 spiro atoms. The number of benzene rings is 8. The Morgan fingerprint density at radius 2 is 0.916 bits per heavy atom. The van der Waals surface area contributed by atoms with Crippen molar-refractivity contribution in [1.29, 1.82) is 0 Å². The lowest BCUT2D eigenvalue weighted by Gasteiger charge is -2.46. The van der Waals surface area contributed by atoms with Gasteiger partial charge in [0.05, 0.1) is 5.69 Å². The van der Waals surface area contributed by atoms with Crippen molar-refractivity contribution in [3.05, 3.63) is 185 Å². The summed E-state index contributed by atoms with van der Waals surface area (Å²) >= 11 is 0. The van der Waals surface area contributed by atoms with Crippen LogP contribution >= 0.6 is 0 Å². The van der Waals surface area contributed by atoms with Crippen LogP contribution in [0, 0.1) is 0 Å². The van der Waals surface area contributed by atoms with Crippen LogP contribution in [0.1, 0.15) is 181 Å². The van der Waals surface area contributed by atoms with Crippen LogP contribution in [-0.4, -0.2) is 6.85 Å². The van der Waals surface area contributed by atoms with E-state index in [1.165, 1.54) is 88.6 Å². The first kappa shape index (κ1) is 52.6. The van der Waals surface area contributed by atoms with Gasteiger partial charge < -0.3 is 13.6 Å². The lowest BCUT2D eigenvalue weighted by Crippen LogP contribution is -2.61. The van der Waals surface area contributed by atoms with Gasteiger partial charge in [-0.1, -0.05) is 177 Å². The van der Waals surface area contributed by atoms with Crippen molar-refractivity contribution in [2.24, 2.45) is 0 Å². The van der Waals surface area contributed by atoms with E-state index >= 15 is 0 Å². The van der Waals surface area contributed by atoms with Gasteiger partial charge in [0, 0.05) is 49.8 Å². The fourth-order valence-electron chi connectivity index (χ4n) is 16.0. The van der Waals surface area contributed by atoms with Crippen LogP contribution in [0.2, 0.25) is 0 Å². The van der Waals surface area contributed by atoms with E-state index in [9.17, 15) is 0 Å². The predicted octanol–water partition coefficient (Wildman–Crippen LogP) is 20.7. The highest BCUT2D eigenvalue weighted by Crippen LogP contribution is 2.57. The third kappa shape index (κ3) is 7.70. The summed E-state index contributed by atoms with van der Waals surface area (Å²) in [5.41, 5.74) is 26.7. The molecule has 2 aromatic heterocycles. The van der Waals surface area contributed by atoms with E-state index in [4.69, 9.17) is 8.83 Å². The van der Waals surface area contributed by atoms with E-state index in [0.29, 0.717) is 0 Å². The normalized spacial score (nSPS) is 19.2. The Kier molecular flexibility index (Phi) is 10.9. The number of rotatable bonds is 4. The molecular weight excluding hydrogens is 1010 g/mol. The summed E-state index contributed by atoms with van der Waals surface area (Å²) in [6.45, 7) is 36.1. The maximum absolute atomic E-state index is 7.87. The van der Waals surface area contributed by atoms with Crippen molar-refractivity contribution in [2.75, 3.05) is 9.71 Å². The molecule has 0 saturated carbocycles. The van der Waals surface area contributed by atoms with Gasteiger partial charge in [0.25, 0.3) is 0 Å². The molecule has 4 heterocycles. The van der Waals surface area contributed by atoms with E-state index in [1.807, 2.05) is 0 Å². The van der Waals surface area contributed by atoms with Gasteiger partial charge in [0.2, 0.25) is 5.88 Å². The second-order valence-corrected chi connectivity index (χ2v) is 30.9. The number of hydrogen-bond donors (Lipinski definition) is 0. The first-order valence-electron chi connectivity index (χ1n) is 31.1. The Morgan fingerprint density at radius 3 is 1.51 bits per heavy atom. The molecule has 0 fully saturated rings. The third-order valence-corrected chi connectivity index (χ3v) is 21.6. The molecule has 2 aliphatic heterocycles. The molecule has 5 aliphatic rings. The number of fused-ring (bicyclic) bond motifs is 13. The molecule has 15 rings (SSSR count). The van der Waals surface area contributed by atoms with E-state index < -0.39 is 0 Å². The van der Waals surface area contributed by atoms with Crippen LogP contribution in [0.25, 0.3) is 66.3 Å². The van der Waals surface area contributed by atoms with E-state index in [-0.39, 0.29) is 44.8 Å². The summed E-state index contributed by atoms with van der Waals surface area (Å²) in [6.07, 6.45) is 6.82. The number of furan rings is 2. The minimum Gasteiger partial charge on any atom is -0.455 e. The minimum absolute atomic E-state index is 0.0156. The summed E-state index contributed by atoms with van der Waals surface area (Å²) in [4.78, 5) is 5.27. The summed E-state index contributed by atoms with van der Waals surface area (Å²) in [5.74, 6) is 0.876. The topological polar surface area (TPSA) is 32.8 Å². The highest BCUT2D eigenvalue weighted by molar-refractivity contribution is 6.95. The molecule has 0 saturated heterocycles. The second kappa shape index (κ2) is 17.2. The average molecular weight is 1090 g/mol. The molecule has 8 aromatic carbocycles. The maximum atomic E-state index is 7.87. The molecular formula is C78H81BN2O2. The van der Waals surface area contributed by atoms with Gasteiger partial charge in [-0.15, -0.1) is 0 Å². The van der Waals surface area contributed by atoms with Gasteiger partial charge in [-0.05, 0) is 216 Å². The van der Waals surface area contributed by atoms with Gasteiger partial charge in [-0.25, -0.2) is 0 Å². The van der Waals surface area contributed by atoms with Crippen molar-refractivity contribution in [3.8, 4) is 33.4 Å². The zero-order valence-electron chi connectivity index (χ0n) is 51.9. The van der Waals surface area contributed by atoms with Crippen molar-refractivity contribution >= 4 is 79.3 Å². The van der Waals surface area contributed by atoms with Crippen LogP contribution in [0.5, 0.6) is 0 Å². The Bertz CT molecular complexity index is 4380. The molecule has 0 N–H and O–H groups in total. The Balaban J connectivity index is 1.13. The Labute approximate surface area is 493 Å². The smallest absolute Gasteiger partial charge is 0.337 e. The van der Waals surface area contributed by atoms with Gasteiger partial charge in [-0.2, -0.15) is 0 Å². The van der Waals surface area contributed by atoms with Crippen molar-refractivity contribution in [3.63, 3.8) is 0 Å². The monoisotopic (exact) mass is 1090 g/mol. The van der Waals surface area contributed by atoms with Gasteiger partial charge in [0.1, 0.15) is 16.7 Å². The summed E-state index contributed by atoms with van der Waals surface area (Å²) < 4.78 is 15.5. The molecule has 0 atom stereocenters. The number of anilines is 5. The zero-order valence-corrected chi connectivity index (χ0v) is 51.9. The molecule has 0 unspecified atom stereocenters. The van der Waals surface area contributed by atoms with Gasteiger partial charge >= 0.3 is 6.85 Å². The van der Waals surface area contributed by atoms with E-state index in [2.05, 4.69) is 259 Å². The molecule has 10 aromatic rings. The summed E-state index contributed by atoms with van der Waals surface area (Å²) in [6, 6.07) is 56.6. The zero-order chi connectivity index (χ0) is 57.9. The van der Waals surface area contributed by atoms with Crippen LogP contribution in [0.3, 0.4) is 0 Å². The third-order valence-electron chi connectivity index (χ3n) is 21.6. The standard InChI is InChI=1S/C78H81BN2O2/c1-72(2,3)49-26-30-62(52(40-49)47-24-20-17-21-25-47)80-64-39-48(46-22-18-16-19-23-46)38-55-67-63(31-28-51-53-42-58-60(44-65(53)82-70(51)67)77(12,13)36-34-75(58,8)9)81(50-27-29-56-57(41-50)74(6,7)33-32-73(56,4)5)79(68(55)64)69-54-43-59-61(45-66(54)83-71(69)80)78(14,15)37-35-76(59,10)11/h16-31,38-45H,32-37H2,1-15H3. The lowest BCUT2D eigenvalue weighted by atomic mass is 9.43. The Morgan fingerprint density at radius 1 is 0.398 bits per heavy atom. The van der Waals surface area contributed by atoms with Crippen LogP contribution < -0.4 is 20.6 Å². The summed E-state index contributed by atoms with van der Waals surface area (Å²) in [7, 11) is 0. The maximum Gasteiger partial charge on any atom is 0.337 e. The van der Waals surface area contributed by atoms with Crippen molar-refractivity contribution in [2.45, 2.75) is 180 Å². The first-order chi connectivity index (χ1) is 39.2. The van der Waals surface area contributed by atoms with Crippen LogP contribution in [0.4, 0.5) is 28.6 Å². The van der Waals surface area contributed by atoms with Gasteiger partial charge in [-0.3, -0.25) is 4.90 Å². The number of nitrogens with zero attached hydrogens (tertiary/aromatic N) is 2. The molecule has 5 heteroatoms. The summed E-state index contributed by atoms with van der Waals surface area (Å²) in [5, 5.41) is 3.54. The molecule has 3 aliphatic carbocycles. The Hall–Kier alpha value is -7.24. The van der Waals surface area contributed by atoms with Crippen molar-refractivity contribution < 1.29 is 8.83 Å². The predicted molar refractivity (Wildman–Crippen MR) is 353 cm³/mol. The average Bonchev–Trinajstić information content (AvgIpc) is 1.72. The van der Waals surface area contributed by atoms with Crippen LogP contribution in [0.15, 0.2) is 154 Å². The highest BCUT2D eigenvalue weighted by Gasteiger charge is 2.51. The van der Waals surface area contributed by atoms with Crippen LogP contribution in [-0.2, 0) is 37.9 Å². The quantitative estimate of drug-likeness (QED) is 0.164. The molecule has 4 nitrogen and oxygen atoms in total. The fraction of sp³-hybridized carbons (Fsp3) is 0.359. The fourth-order valence-corrected chi connectivity index (χ4v) is 16.0. The first-order valence-corrected chi connectivity index (χ1v) is 31.1. The van der Waals surface area contributed by atoms with Gasteiger partial charge in [0.15, 0.2) is 0 Å². The highest BCUT2D eigenvalue weighted by atomic mass is 16.4. The number of hydrogen-bond acceptors (Lipinski definition) is 4.